The molecular weight excluding hydrogens is 252 g/mol. The number of ketones is 1. The van der Waals surface area contributed by atoms with E-state index in [0.717, 1.165) is 6.42 Å². The maximum absolute atomic E-state index is 12.3. The van der Waals surface area contributed by atoms with Crippen LogP contribution in [0.2, 0.25) is 0 Å². The third kappa shape index (κ3) is 3.32. The first-order chi connectivity index (χ1) is 9.60. The number of aryl methyl sites for hydroxylation is 1. The molecule has 0 unspecified atom stereocenters. The number of carbonyl (C=O) groups excluding carboxylic acids is 1. The van der Waals surface area contributed by atoms with Gasteiger partial charge in [-0.05, 0) is 17.5 Å². The van der Waals surface area contributed by atoms with Gasteiger partial charge >= 0.3 is 5.97 Å². The van der Waals surface area contributed by atoms with E-state index in [-0.39, 0.29) is 12.2 Å². The summed E-state index contributed by atoms with van der Waals surface area (Å²) in [6.45, 7) is 2.07. The van der Waals surface area contributed by atoms with Crippen LogP contribution in [0, 0.1) is 0 Å². The summed E-state index contributed by atoms with van der Waals surface area (Å²) in [7, 11) is 0. The van der Waals surface area contributed by atoms with Crippen molar-refractivity contribution in [2.24, 2.45) is 0 Å². The second-order valence-corrected chi connectivity index (χ2v) is 4.65. The molecule has 2 aromatic rings. The Morgan fingerprint density at radius 3 is 1.70 bits per heavy atom. The summed E-state index contributed by atoms with van der Waals surface area (Å²) in [6.07, 6.45) is 0.915. The van der Waals surface area contributed by atoms with E-state index in [4.69, 9.17) is 5.11 Å². The van der Waals surface area contributed by atoms with Gasteiger partial charge in [0, 0.05) is 11.1 Å². The van der Waals surface area contributed by atoms with Gasteiger partial charge in [0.15, 0.2) is 5.78 Å². The minimum Gasteiger partial charge on any atom is -0.481 e. The lowest BCUT2D eigenvalue weighted by molar-refractivity contribution is -0.136. The Balaban J connectivity index is 2.17. The van der Waals surface area contributed by atoms with Crippen molar-refractivity contribution in [3.05, 3.63) is 70.8 Å². The molecule has 0 radical (unpaired) electrons. The predicted octanol–water partition coefficient (Wildman–Crippen LogP) is 3.11. The highest BCUT2D eigenvalue weighted by Crippen LogP contribution is 2.13. The average Bonchev–Trinajstić information content (AvgIpc) is 2.47. The van der Waals surface area contributed by atoms with Crippen LogP contribution in [0.4, 0.5) is 0 Å². The molecule has 20 heavy (non-hydrogen) atoms. The minimum absolute atomic E-state index is 0.0281. The Hall–Kier alpha value is -2.42. The Morgan fingerprint density at radius 1 is 0.850 bits per heavy atom. The van der Waals surface area contributed by atoms with E-state index < -0.39 is 5.97 Å². The molecule has 3 nitrogen and oxygen atoms in total. The third-order valence-corrected chi connectivity index (χ3v) is 3.20. The highest BCUT2D eigenvalue weighted by atomic mass is 16.4. The monoisotopic (exact) mass is 268 g/mol. The van der Waals surface area contributed by atoms with Gasteiger partial charge in [-0.3, -0.25) is 9.59 Å². The summed E-state index contributed by atoms with van der Waals surface area (Å²) in [6, 6.07) is 14.3. The van der Waals surface area contributed by atoms with Crippen molar-refractivity contribution >= 4 is 11.8 Å². The van der Waals surface area contributed by atoms with Crippen molar-refractivity contribution in [2.45, 2.75) is 19.8 Å². The fourth-order valence-corrected chi connectivity index (χ4v) is 2.01. The van der Waals surface area contributed by atoms with E-state index in [1.807, 2.05) is 24.3 Å². The van der Waals surface area contributed by atoms with E-state index in [2.05, 4.69) is 6.92 Å². The van der Waals surface area contributed by atoms with Crippen LogP contribution in [-0.4, -0.2) is 16.9 Å². The number of hydrogen-bond donors (Lipinski definition) is 1. The summed E-state index contributed by atoms with van der Waals surface area (Å²) in [5.41, 5.74) is 3.10. The molecule has 0 amide bonds. The minimum atomic E-state index is -0.876. The quantitative estimate of drug-likeness (QED) is 0.848. The molecule has 0 atom stereocenters. The number of carbonyl (C=O) groups is 2. The van der Waals surface area contributed by atoms with Crippen molar-refractivity contribution in [3.63, 3.8) is 0 Å². The second kappa shape index (κ2) is 6.15. The van der Waals surface area contributed by atoms with Gasteiger partial charge < -0.3 is 5.11 Å². The first kappa shape index (κ1) is 14.0. The topological polar surface area (TPSA) is 54.4 Å². The first-order valence-electron chi connectivity index (χ1n) is 6.54. The maximum atomic E-state index is 12.3. The number of aliphatic carboxylic acids is 1. The van der Waals surface area contributed by atoms with Crippen LogP contribution in [-0.2, 0) is 17.6 Å². The van der Waals surface area contributed by atoms with Gasteiger partial charge in [-0.2, -0.15) is 0 Å². The molecule has 3 heteroatoms. The van der Waals surface area contributed by atoms with E-state index in [0.29, 0.717) is 16.7 Å². The lowest BCUT2D eigenvalue weighted by Crippen LogP contribution is -2.03. The summed E-state index contributed by atoms with van der Waals surface area (Å²) < 4.78 is 0. The molecule has 0 aromatic heterocycles. The highest BCUT2D eigenvalue weighted by molar-refractivity contribution is 6.09. The van der Waals surface area contributed by atoms with E-state index in [1.54, 1.807) is 24.3 Å². The van der Waals surface area contributed by atoms with Gasteiger partial charge in [-0.15, -0.1) is 0 Å². The second-order valence-electron chi connectivity index (χ2n) is 4.65. The summed E-state index contributed by atoms with van der Waals surface area (Å²) in [5.74, 6) is -0.922. The van der Waals surface area contributed by atoms with Crippen molar-refractivity contribution in [2.75, 3.05) is 0 Å². The van der Waals surface area contributed by atoms with Crippen LogP contribution in [0.5, 0.6) is 0 Å². The van der Waals surface area contributed by atoms with Crippen molar-refractivity contribution in [1.82, 2.24) is 0 Å². The van der Waals surface area contributed by atoms with Crippen LogP contribution < -0.4 is 0 Å². The zero-order valence-electron chi connectivity index (χ0n) is 11.3. The average molecular weight is 268 g/mol. The van der Waals surface area contributed by atoms with Gasteiger partial charge in [0.25, 0.3) is 0 Å². The lowest BCUT2D eigenvalue weighted by Gasteiger charge is -2.04. The number of rotatable bonds is 5. The highest BCUT2D eigenvalue weighted by Gasteiger charge is 2.09. The fraction of sp³-hybridized carbons (Fsp3) is 0.176. The van der Waals surface area contributed by atoms with Gasteiger partial charge in [0.2, 0.25) is 0 Å². The number of benzene rings is 2. The zero-order valence-corrected chi connectivity index (χ0v) is 11.3. The van der Waals surface area contributed by atoms with E-state index in [1.165, 1.54) is 5.56 Å². The molecule has 0 bridgehead atoms. The zero-order chi connectivity index (χ0) is 14.5. The lowest BCUT2D eigenvalue weighted by atomic mass is 10.00. The molecule has 0 aliphatic heterocycles. The molecule has 2 rings (SSSR count). The van der Waals surface area contributed by atoms with E-state index >= 15 is 0 Å². The molecule has 102 valence electrons. The SMILES string of the molecule is CCc1ccc(C(=O)c2ccc(CC(=O)O)cc2)cc1. The maximum Gasteiger partial charge on any atom is 0.307 e. The smallest absolute Gasteiger partial charge is 0.307 e. The van der Waals surface area contributed by atoms with Crippen molar-refractivity contribution < 1.29 is 14.7 Å². The van der Waals surface area contributed by atoms with Gasteiger partial charge in [-0.1, -0.05) is 55.5 Å². The standard InChI is InChI=1S/C17H16O3/c1-2-12-3-7-14(8-4-12)17(20)15-9-5-13(6-10-15)11-16(18)19/h3-10H,2,11H2,1H3,(H,18,19). The first-order valence-corrected chi connectivity index (χ1v) is 6.54. The molecule has 0 aliphatic carbocycles. The van der Waals surface area contributed by atoms with Crippen LogP contribution in [0.3, 0.4) is 0 Å². The molecule has 0 fully saturated rings. The van der Waals surface area contributed by atoms with Crippen molar-refractivity contribution in [3.8, 4) is 0 Å². The third-order valence-electron chi connectivity index (χ3n) is 3.20. The normalized spacial score (nSPS) is 10.2. The summed E-state index contributed by atoms with van der Waals surface area (Å²) in [5, 5.41) is 8.71. The number of carboxylic acids is 1. The number of carboxylic acid groups (broad SMARTS) is 1. The summed E-state index contributed by atoms with van der Waals surface area (Å²) >= 11 is 0. The van der Waals surface area contributed by atoms with Crippen LogP contribution >= 0.6 is 0 Å². The van der Waals surface area contributed by atoms with Gasteiger partial charge in [-0.25, -0.2) is 0 Å². The van der Waals surface area contributed by atoms with Crippen LogP contribution in [0.1, 0.15) is 34.0 Å². The fourth-order valence-electron chi connectivity index (χ4n) is 2.01. The molecular formula is C17H16O3. The molecule has 0 saturated heterocycles. The molecule has 2 aromatic carbocycles. The Morgan fingerprint density at radius 2 is 1.30 bits per heavy atom. The van der Waals surface area contributed by atoms with Gasteiger partial charge in [0.05, 0.1) is 6.42 Å². The molecule has 0 spiro atoms. The molecule has 0 aliphatic rings. The molecule has 0 heterocycles. The van der Waals surface area contributed by atoms with E-state index in [9.17, 15) is 9.59 Å². The summed E-state index contributed by atoms with van der Waals surface area (Å²) in [4.78, 5) is 22.9. The Kier molecular flexibility index (Phi) is 4.31. The number of hydrogen-bond acceptors (Lipinski definition) is 2. The predicted molar refractivity (Wildman–Crippen MR) is 77.0 cm³/mol. The largest absolute Gasteiger partial charge is 0.481 e. The van der Waals surface area contributed by atoms with Crippen molar-refractivity contribution in [1.29, 1.82) is 0 Å². The Labute approximate surface area is 117 Å². The van der Waals surface area contributed by atoms with Crippen LogP contribution in [0.25, 0.3) is 0 Å². The Bertz CT molecular complexity index is 610. The molecule has 1 N–H and O–H groups in total. The van der Waals surface area contributed by atoms with Crippen LogP contribution in [0.15, 0.2) is 48.5 Å². The van der Waals surface area contributed by atoms with Gasteiger partial charge in [0.1, 0.15) is 0 Å². The molecule has 0 saturated carbocycles.